The van der Waals surface area contributed by atoms with Crippen LogP contribution in [-0.4, -0.2) is 29.4 Å². The first-order chi connectivity index (χ1) is 11.1. The van der Waals surface area contributed by atoms with Crippen molar-refractivity contribution in [1.29, 1.82) is 0 Å². The van der Waals surface area contributed by atoms with Crippen molar-refractivity contribution in [3.05, 3.63) is 59.9 Å². The van der Waals surface area contributed by atoms with Crippen molar-refractivity contribution in [2.45, 2.75) is 25.8 Å². The van der Waals surface area contributed by atoms with E-state index >= 15 is 0 Å². The van der Waals surface area contributed by atoms with E-state index < -0.39 is 6.04 Å². The number of hydrogen-bond acceptors (Lipinski definition) is 3. The molecule has 5 nitrogen and oxygen atoms in total. The Morgan fingerprint density at radius 3 is 2.57 bits per heavy atom. The van der Waals surface area contributed by atoms with Gasteiger partial charge >= 0.3 is 0 Å². The van der Waals surface area contributed by atoms with Crippen LogP contribution in [0.2, 0.25) is 0 Å². The van der Waals surface area contributed by atoms with Crippen molar-refractivity contribution >= 4 is 17.5 Å². The Morgan fingerprint density at radius 1 is 1.17 bits per heavy atom. The van der Waals surface area contributed by atoms with Gasteiger partial charge in [0.1, 0.15) is 6.04 Å². The van der Waals surface area contributed by atoms with Gasteiger partial charge in [-0.1, -0.05) is 17.7 Å². The predicted molar refractivity (Wildman–Crippen MR) is 88.3 cm³/mol. The minimum atomic E-state index is -0.481. The zero-order chi connectivity index (χ0) is 16.2. The van der Waals surface area contributed by atoms with E-state index in [1.54, 1.807) is 29.4 Å². The molecule has 1 N–H and O–H groups in total. The average Bonchev–Trinajstić information content (AvgIpc) is 2.58. The normalized spacial score (nSPS) is 17.9. The number of nitrogens with one attached hydrogen (secondary N) is 1. The highest BCUT2D eigenvalue weighted by Gasteiger charge is 2.30. The smallest absolute Gasteiger partial charge is 0.252 e. The first kappa shape index (κ1) is 15.2. The summed E-state index contributed by atoms with van der Waals surface area (Å²) in [5, 5.41) is 2.84. The number of rotatable bonds is 3. The lowest BCUT2D eigenvalue weighted by Gasteiger charge is -2.32. The maximum atomic E-state index is 12.7. The van der Waals surface area contributed by atoms with Crippen molar-refractivity contribution in [1.82, 2.24) is 10.3 Å². The van der Waals surface area contributed by atoms with Gasteiger partial charge in [0.2, 0.25) is 5.91 Å². The highest BCUT2D eigenvalue weighted by atomic mass is 16.2. The van der Waals surface area contributed by atoms with Gasteiger partial charge in [0.15, 0.2) is 0 Å². The highest BCUT2D eigenvalue weighted by molar-refractivity contribution is 6.02. The molecular weight excluding hydrogens is 290 g/mol. The van der Waals surface area contributed by atoms with Crippen molar-refractivity contribution in [2.75, 3.05) is 11.4 Å². The number of amides is 2. The fourth-order valence-corrected chi connectivity index (χ4v) is 2.74. The second-order valence-electron chi connectivity index (χ2n) is 5.73. The van der Waals surface area contributed by atoms with E-state index in [1.165, 1.54) is 0 Å². The van der Waals surface area contributed by atoms with Gasteiger partial charge < -0.3 is 10.2 Å². The van der Waals surface area contributed by atoms with Crippen molar-refractivity contribution < 1.29 is 9.59 Å². The number of pyridine rings is 1. The number of carbonyl (C=O) groups is 2. The molecule has 0 radical (unpaired) electrons. The van der Waals surface area contributed by atoms with Crippen LogP contribution >= 0.6 is 0 Å². The molecule has 1 fully saturated rings. The highest BCUT2D eigenvalue weighted by Crippen LogP contribution is 2.21. The summed E-state index contributed by atoms with van der Waals surface area (Å²) >= 11 is 0. The van der Waals surface area contributed by atoms with E-state index in [1.807, 2.05) is 31.2 Å². The number of benzene rings is 1. The topological polar surface area (TPSA) is 62.3 Å². The van der Waals surface area contributed by atoms with E-state index in [4.69, 9.17) is 0 Å². The van der Waals surface area contributed by atoms with Crippen LogP contribution in [0.25, 0.3) is 0 Å². The summed E-state index contributed by atoms with van der Waals surface area (Å²) in [6.45, 7) is 2.70. The molecule has 0 spiro atoms. The summed E-state index contributed by atoms with van der Waals surface area (Å²) in [5.41, 5.74) is 2.55. The van der Waals surface area contributed by atoms with Crippen molar-refractivity contribution in [3.63, 3.8) is 0 Å². The van der Waals surface area contributed by atoms with Crippen molar-refractivity contribution in [2.24, 2.45) is 0 Å². The van der Waals surface area contributed by atoms with Crippen LogP contribution in [0, 0.1) is 6.92 Å². The monoisotopic (exact) mass is 309 g/mol. The summed E-state index contributed by atoms with van der Waals surface area (Å²) in [4.78, 5) is 30.6. The molecule has 1 aliphatic heterocycles. The summed E-state index contributed by atoms with van der Waals surface area (Å²) in [7, 11) is 0. The number of nitrogens with zero attached hydrogens (tertiary/aromatic N) is 2. The SMILES string of the molecule is Cc1ccc(N2CCC[C@H](NC(=O)c3ccncc3)C2=O)cc1. The molecule has 2 amide bonds. The second-order valence-corrected chi connectivity index (χ2v) is 5.73. The predicted octanol–water partition coefficient (Wildman–Crippen LogP) is 2.32. The van der Waals surface area contributed by atoms with Gasteiger partial charge in [0.05, 0.1) is 0 Å². The number of carbonyl (C=O) groups excluding carboxylic acids is 2. The number of aryl methyl sites for hydroxylation is 1. The summed E-state index contributed by atoms with van der Waals surface area (Å²) in [5.74, 6) is -0.293. The number of hydrogen-bond donors (Lipinski definition) is 1. The van der Waals surface area contributed by atoms with Gasteiger partial charge in [-0.05, 0) is 44.0 Å². The van der Waals surface area contributed by atoms with Gasteiger partial charge in [-0.3, -0.25) is 14.6 Å². The van der Waals surface area contributed by atoms with Gasteiger partial charge in [0, 0.05) is 30.2 Å². The zero-order valence-corrected chi connectivity index (χ0v) is 13.0. The van der Waals surface area contributed by atoms with Crippen LogP contribution in [0.4, 0.5) is 5.69 Å². The molecule has 1 saturated heterocycles. The Bertz CT molecular complexity index is 698. The van der Waals surface area contributed by atoms with Crippen LogP contribution in [0.5, 0.6) is 0 Å². The van der Waals surface area contributed by atoms with Crippen LogP contribution < -0.4 is 10.2 Å². The molecule has 5 heteroatoms. The van der Waals surface area contributed by atoms with Crippen LogP contribution in [0.1, 0.15) is 28.8 Å². The largest absolute Gasteiger partial charge is 0.340 e. The summed E-state index contributed by atoms with van der Waals surface area (Å²) in [6, 6.07) is 10.7. The van der Waals surface area contributed by atoms with Gasteiger partial charge in [-0.15, -0.1) is 0 Å². The van der Waals surface area contributed by atoms with E-state index in [2.05, 4.69) is 10.3 Å². The summed E-state index contributed by atoms with van der Waals surface area (Å²) in [6.07, 6.45) is 4.66. The summed E-state index contributed by atoms with van der Waals surface area (Å²) < 4.78 is 0. The maximum absolute atomic E-state index is 12.7. The average molecular weight is 309 g/mol. The second kappa shape index (κ2) is 6.60. The van der Waals surface area contributed by atoms with E-state index in [0.29, 0.717) is 18.5 Å². The molecule has 2 heterocycles. The van der Waals surface area contributed by atoms with Crippen LogP contribution in [0.15, 0.2) is 48.8 Å². The van der Waals surface area contributed by atoms with Crippen molar-refractivity contribution in [3.8, 4) is 0 Å². The Hall–Kier alpha value is -2.69. The molecule has 0 saturated carbocycles. The molecule has 2 aromatic rings. The first-order valence-electron chi connectivity index (χ1n) is 7.74. The molecule has 118 valence electrons. The Kier molecular flexibility index (Phi) is 4.37. The number of anilines is 1. The molecule has 0 unspecified atom stereocenters. The Balaban J connectivity index is 1.72. The minimum Gasteiger partial charge on any atom is -0.340 e. The van der Waals surface area contributed by atoms with E-state index in [0.717, 1.165) is 17.7 Å². The minimum absolute atomic E-state index is 0.0532. The zero-order valence-electron chi connectivity index (χ0n) is 13.0. The lowest BCUT2D eigenvalue weighted by Crippen LogP contribution is -2.52. The lowest BCUT2D eigenvalue weighted by molar-refractivity contribution is -0.121. The molecule has 0 bridgehead atoms. The standard InChI is InChI=1S/C18H19N3O2/c1-13-4-6-15(7-5-13)21-12-2-3-16(18(21)23)20-17(22)14-8-10-19-11-9-14/h4-11,16H,2-3,12H2,1H3,(H,20,22)/t16-/m0/s1. The number of piperidine rings is 1. The quantitative estimate of drug-likeness (QED) is 0.946. The third-order valence-electron chi connectivity index (χ3n) is 4.03. The molecular formula is C18H19N3O2. The van der Waals surface area contributed by atoms with Crippen LogP contribution in [-0.2, 0) is 4.79 Å². The molecule has 1 aliphatic rings. The Labute approximate surface area is 135 Å². The van der Waals surface area contributed by atoms with E-state index in [9.17, 15) is 9.59 Å². The molecule has 1 aromatic heterocycles. The molecule has 23 heavy (non-hydrogen) atoms. The lowest BCUT2D eigenvalue weighted by atomic mass is 10.0. The van der Waals surface area contributed by atoms with Gasteiger partial charge in [0.25, 0.3) is 5.91 Å². The number of aromatic nitrogens is 1. The fourth-order valence-electron chi connectivity index (χ4n) is 2.74. The maximum Gasteiger partial charge on any atom is 0.252 e. The molecule has 1 aromatic carbocycles. The molecule has 0 aliphatic carbocycles. The first-order valence-corrected chi connectivity index (χ1v) is 7.74. The van der Waals surface area contributed by atoms with E-state index in [-0.39, 0.29) is 11.8 Å². The van der Waals surface area contributed by atoms with Gasteiger partial charge in [-0.25, -0.2) is 0 Å². The van der Waals surface area contributed by atoms with Gasteiger partial charge in [-0.2, -0.15) is 0 Å². The Morgan fingerprint density at radius 2 is 1.87 bits per heavy atom. The fraction of sp³-hybridized carbons (Fsp3) is 0.278. The third-order valence-corrected chi connectivity index (χ3v) is 4.03. The molecule has 3 rings (SSSR count). The third kappa shape index (κ3) is 3.39. The molecule has 1 atom stereocenters. The van der Waals surface area contributed by atoms with Crippen LogP contribution in [0.3, 0.4) is 0 Å².